The predicted octanol–water partition coefficient (Wildman–Crippen LogP) is 2.42. The van der Waals surface area contributed by atoms with Crippen molar-refractivity contribution in [2.24, 2.45) is 0 Å². The average molecular weight is 471 g/mol. The molecule has 166 valence electrons. The molecule has 1 aliphatic heterocycles. The summed E-state index contributed by atoms with van der Waals surface area (Å²) in [6.07, 6.45) is -1.37. The third-order valence-electron chi connectivity index (χ3n) is 4.83. The summed E-state index contributed by atoms with van der Waals surface area (Å²) in [5.41, 5.74) is 0.151. The Morgan fingerprint density at radius 1 is 1.10 bits per heavy atom. The van der Waals surface area contributed by atoms with E-state index >= 15 is 0 Å². The molecule has 1 aliphatic rings. The molecule has 0 saturated carbocycles. The lowest BCUT2D eigenvalue weighted by atomic mass is 10.2. The number of ether oxygens (including phenoxy) is 2. The van der Waals surface area contributed by atoms with Gasteiger partial charge in [0.2, 0.25) is 15.9 Å². The standard InChI is InChI=1S/C20H20ClFN2O6S/c1-29-19(30-2)12-23(31(27,28)16-9-3-13(21)4-10-16)17-11-18(25)24(20(17)26)15-7-5-14(22)6-8-15/h3-10,17,19H,11-12H2,1-2H3. The first-order valence-corrected chi connectivity index (χ1v) is 11.0. The monoisotopic (exact) mass is 470 g/mol. The fourth-order valence-corrected chi connectivity index (χ4v) is 4.92. The first-order valence-electron chi connectivity index (χ1n) is 9.14. The van der Waals surface area contributed by atoms with Gasteiger partial charge in [0, 0.05) is 19.2 Å². The number of imide groups is 1. The minimum atomic E-state index is -4.23. The van der Waals surface area contributed by atoms with E-state index in [0.717, 1.165) is 21.3 Å². The summed E-state index contributed by atoms with van der Waals surface area (Å²) >= 11 is 5.86. The molecule has 2 amide bonds. The molecule has 1 fully saturated rings. The zero-order valence-electron chi connectivity index (χ0n) is 16.7. The van der Waals surface area contributed by atoms with E-state index < -0.39 is 40.0 Å². The van der Waals surface area contributed by atoms with Crippen LogP contribution in [-0.4, -0.2) is 57.6 Å². The van der Waals surface area contributed by atoms with E-state index in [1.54, 1.807) is 0 Å². The van der Waals surface area contributed by atoms with Crippen LogP contribution in [0.15, 0.2) is 53.4 Å². The van der Waals surface area contributed by atoms with Crippen molar-refractivity contribution in [3.8, 4) is 0 Å². The van der Waals surface area contributed by atoms with Crippen molar-refractivity contribution >= 4 is 39.1 Å². The highest BCUT2D eigenvalue weighted by Crippen LogP contribution is 2.30. The van der Waals surface area contributed by atoms with E-state index in [1.807, 2.05) is 0 Å². The fourth-order valence-electron chi connectivity index (χ4n) is 3.23. The molecular formula is C20H20ClFN2O6S. The topological polar surface area (TPSA) is 93.2 Å². The van der Waals surface area contributed by atoms with Crippen molar-refractivity contribution in [1.82, 2.24) is 4.31 Å². The van der Waals surface area contributed by atoms with Crippen LogP contribution in [0.3, 0.4) is 0 Å². The second-order valence-corrected chi connectivity index (χ2v) is 9.02. The van der Waals surface area contributed by atoms with Crippen molar-refractivity contribution < 1.29 is 31.9 Å². The molecule has 0 bridgehead atoms. The van der Waals surface area contributed by atoms with Gasteiger partial charge in [-0.05, 0) is 48.5 Å². The van der Waals surface area contributed by atoms with Gasteiger partial charge in [0.05, 0.1) is 23.5 Å². The van der Waals surface area contributed by atoms with E-state index in [1.165, 1.54) is 50.6 Å². The molecule has 0 N–H and O–H groups in total. The normalized spacial score (nSPS) is 17.2. The van der Waals surface area contributed by atoms with Gasteiger partial charge in [-0.3, -0.25) is 9.59 Å². The van der Waals surface area contributed by atoms with Crippen LogP contribution in [0.25, 0.3) is 0 Å². The van der Waals surface area contributed by atoms with E-state index in [9.17, 15) is 22.4 Å². The van der Waals surface area contributed by atoms with Crippen LogP contribution in [0, 0.1) is 5.82 Å². The molecule has 3 rings (SSSR count). The van der Waals surface area contributed by atoms with E-state index in [4.69, 9.17) is 21.1 Å². The van der Waals surface area contributed by atoms with Crippen LogP contribution in [0.1, 0.15) is 6.42 Å². The van der Waals surface area contributed by atoms with Gasteiger partial charge in [-0.15, -0.1) is 0 Å². The van der Waals surface area contributed by atoms with Crippen molar-refractivity contribution in [2.75, 3.05) is 25.7 Å². The zero-order chi connectivity index (χ0) is 22.8. The lowest BCUT2D eigenvalue weighted by molar-refractivity contribution is -0.125. The lowest BCUT2D eigenvalue weighted by Gasteiger charge is -2.29. The molecule has 31 heavy (non-hydrogen) atoms. The molecule has 0 aromatic heterocycles. The van der Waals surface area contributed by atoms with Crippen LogP contribution in [-0.2, 0) is 29.1 Å². The maximum absolute atomic E-state index is 13.4. The summed E-state index contributed by atoms with van der Waals surface area (Å²) in [4.78, 5) is 26.5. The third kappa shape index (κ3) is 4.78. The quantitative estimate of drug-likeness (QED) is 0.434. The molecule has 1 heterocycles. The number of anilines is 1. The minimum Gasteiger partial charge on any atom is -0.354 e. The number of hydrogen-bond acceptors (Lipinski definition) is 6. The van der Waals surface area contributed by atoms with Crippen LogP contribution in [0.4, 0.5) is 10.1 Å². The Morgan fingerprint density at radius 2 is 1.68 bits per heavy atom. The van der Waals surface area contributed by atoms with Gasteiger partial charge in [-0.2, -0.15) is 4.31 Å². The lowest BCUT2D eigenvalue weighted by Crippen LogP contribution is -2.49. The maximum Gasteiger partial charge on any atom is 0.252 e. The number of rotatable bonds is 8. The Labute approximate surface area is 184 Å². The Hall–Kier alpha value is -2.37. The summed E-state index contributed by atoms with van der Waals surface area (Å²) in [5.74, 6) is -1.89. The molecule has 0 spiro atoms. The minimum absolute atomic E-state index is 0.108. The van der Waals surface area contributed by atoms with Gasteiger partial charge in [-0.25, -0.2) is 17.7 Å². The van der Waals surface area contributed by atoms with E-state index in [0.29, 0.717) is 5.02 Å². The second-order valence-electron chi connectivity index (χ2n) is 6.69. The Kier molecular flexibility index (Phi) is 7.07. The van der Waals surface area contributed by atoms with Crippen molar-refractivity contribution in [3.63, 3.8) is 0 Å². The molecule has 1 unspecified atom stereocenters. The highest BCUT2D eigenvalue weighted by molar-refractivity contribution is 7.89. The molecule has 1 saturated heterocycles. The number of methoxy groups -OCH3 is 2. The number of amides is 2. The number of carbonyl (C=O) groups excluding carboxylic acids is 2. The Balaban J connectivity index is 2.01. The highest BCUT2D eigenvalue weighted by atomic mass is 35.5. The zero-order valence-corrected chi connectivity index (χ0v) is 18.3. The summed E-state index contributed by atoms with van der Waals surface area (Å²) in [6.45, 7) is -0.334. The highest BCUT2D eigenvalue weighted by Gasteiger charge is 2.47. The van der Waals surface area contributed by atoms with Gasteiger partial charge >= 0.3 is 0 Å². The number of carbonyl (C=O) groups is 2. The molecule has 0 aliphatic carbocycles. The van der Waals surface area contributed by atoms with Crippen molar-refractivity contribution in [1.29, 1.82) is 0 Å². The van der Waals surface area contributed by atoms with E-state index in [-0.39, 0.29) is 23.5 Å². The van der Waals surface area contributed by atoms with Crippen LogP contribution in [0.2, 0.25) is 5.02 Å². The summed E-state index contributed by atoms with van der Waals surface area (Å²) in [6, 6.07) is 8.86. The molecule has 0 radical (unpaired) electrons. The molecule has 11 heteroatoms. The van der Waals surface area contributed by atoms with Crippen LogP contribution >= 0.6 is 11.6 Å². The van der Waals surface area contributed by atoms with Gasteiger partial charge in [0.25, 0.3) is 5.91 Å². The summed E-state index contributed by atoms with van der Waals surface area (Å²) in [7, 11) is -1.58. The van der Waals surface area contributed by atoms with Crippen LogP contribution < -0.4 is 4.90 Å². The third-order valence-corrected chi connectivity index (χ3v) is 6.97. The molecule has 8 nitrogen and oxygen atoms in total. The summed E-state index contributed by atoms with van der Waals surface area (Å²) in [5, 5.41) is 0.340. The number of halogens is 2. The molecule has 2 aromatic rings. The van der Waals surface area contributed by atoms with Crippen molar-refractivity contribution in [3.05, 3.63) is 59.4 Å². The second kappa shape index (κ2) is 9.41. The number of hydrogen-bond donors (Lipinski definition) is 0. The maximum atomic E-state index is 13.4. The average Bonchev–Trinajstić information content (AvgIpc) is 3.03. The molecule has 2 aromatic carbocycles. The smallest absolute Gasteiger partial charge is 0.252 e. The van der Waals surface area contributed by atoms with Crippen molar-refractivity contribution in [2.45, 2.75) is 23.6 Å². The first-order chi connectivity index (χ1) is 14.7. The molecular weight excluding hydrogens is 451 g/mol. The van der Waals surface area contributed by atoms with Gasteiger partial charge in [-0.1, -0.05) is 11.6 Å². The number of nitrogens with zero attached hydrogens (tertiary/aromatic N) is 2. The number of sulfonamides is 1. The first kappa shape index (κ1) is 23.3. The number of benzene rings is 2. The predicted molar refractivity (Wildman–Crippen MR) is 110 cm³/mol. The largest absolute Gasteiger partial charge is 0.354 e. The van der Waals surface area contributed by atoms with Gasteiger partial charge in [0.1, 0.15) is 11.9 Å². The Morgan fingerprint density at radius 3 is 2.23 bits per heavy atom. The molecule has 1 atom stereocenters. The SMILES string of the molecule is COC(CN(C1CC(=O)N(c2ccc(F)cc2)C1=O)S(=O)(=O)c1ccc(Cl)cc1)OC. The van der Waals surface area contributed by atoms with Crippen LogP contribution in [0.5, 0.6) is 0 Å². The van der Waals surface area contributed by atoms with Gasteiger partial charge in [0.15, 0.2) is 6.29 Å². The fraction of sp³-hybridized carbons (Fsp3) is 0.300. The van der Waals surface area contributed by atoms with Gasteiger partial charge < -0.3 is 9.47 Å². The van der Waals surface area contributed by atoms with E-state index in [2.05, 4.69) is 0 Å². The summed E-state index contributed by atoms with van der Waals surface area (Å²) < 4.78 is 51.1. The Bertz CT molecular complexity index is 1060.